The van der Waals surface area contributed by atoms with E-state index in [1.54, 1.807) is 6.07 Å². The first-order valence-electron chi connectivity index (χ1n) is 9.39. The first-order chi connectivity index (χ1) is 16.1. The average molecular weight is 471 g/mol. The molecule has 7 nitrogen and oxygen atoms in total. The van der Waals surface area contributed by atoms with Crippen molar-refractivity contribution in [3.8, 4) is 17.6 Å². The summed E-state index contributed by atoms with van der Waals surface area (Å²) in [7, 11) is 0. The topological polar surface area (TPSA) is 105 Å². The molecule has 0 spiro atoms. The lowest BCUT2D eigenvalue weighted by Gasteiger charge is -2.10. The number of nitro groups is 1. The molecule has 0 radical (unpaired) electrons. The molecule has 0 heterocycles. The maximum atomic E-state index is 13.7. The summed E-state index contributed by atoms with van der Waals surface area (Å²) in [6.45, 7) is 0. The molecule has 11 heteroatoms. The third kappa shape index (κ3) is 5.74. The Balaban J connectivity index is 1.79. The summed E-state index contributed by atoms with van der Waals surface area (Å²) < 4.78 is 57.5. The van der Waals surface area contributed by atoms with Gasteiger partial charge in [-0.2, -0.15) is 18.4 Å². The van der Waals surface area contributed by atoms with E-state index < -0.39 is 39.8 Å². The van der Waals surface area contributed by atoms with Crippen molar-refractivity contribution in [2.24, 2.45) is 0 Å². The average Bonchev–Trinajstić information content (AvgIpc) is 2.79. The van der Waals surface area contributed by atoms with Gasteiger partial charge in [-0.25, -0.2) is 4.39 Å². The molecule has 0 aliphatic rings. The van der Waals surface area contributed by atoms with E-state index in [0.717, 1.165) is 12.1 Å². The normalized spacial score (nSPS) is 11.4. The summed E-state index contributed by atoms with van der Waals surface area (Å²) in [6.07, 6.45) is -3.53. The van der Waals surface area contributed by atoms with Crippen LogP contribution in [0.25, 0.3) is 6.08 Å². The number of nitro benzene ring substituents is 1. The Morgan fingerprint density at radius 3 is 2.35 bits per heavy atom. The first kappa shape index (κ1) is 23.9. The Morgan fingerprint density at radius 1 is 1.09 bits per heavy atom. The van der Waals surface area contributed by atoms with Crippen LogP contribution in [0.3, 0.4) is 0 Å². The summed E-state index contributed by atoms with van der Waals surface area (Å²) in [6, 6.07) is 14.5. The molecule has 0 bridgehead atoms. The number of ether oxygens (including phenoxy) is 1. The molecule has 3 aromatic carbocycles. The Kier molecular flexibility index (Phi) is 6.92. The fraction of sp³-hybridized carbons (Fsp3) is 0.0435. The second-order valence-electron chi connectivity index (χ2n) is 6.71. The third-order valence-corrected chi connectivity index (χ3v) is 4.39. The summed E-state index contributed by atoms with van der Waals surface area (Å²) in [5, 5.41) is 22.7. The van der Waals surface area contributed by atoms with Crippen molar-refractivity contribution in [2.45, 2.75) is 6.18 Å². The molecule has 1 N–H and O–H groups in total. The molecule has 0 unspecified atom stereocenters. The molecule has 0 atom stereocenters. The van der Waals surface area contributed by atoms with Crippen LogP contribution in [0.15, 0.2) is 72.3 Å². The van der Waals surface area contributed by atoms with Crippen LogP contribution in [-0.4, -0.2) is 10.8 Å². The van der Waals surface area contributed by atoms with E-state index in [4.69, 9.17) is 4.74 Å². The van der Waals surface area contributed by atoms with Crippen molar-refractivity contribution in [3.63, 3.8) is 0 Å². The van der Waals surface area contributed by atoms with Gasteiger partial charge in [0.15, 0.2) is 0 Å². The van der Waals surface area contributed by atoms with E-state index in [9.17, 15) is 37.7 Å². The van der Waals surface area contributed by atoms with E-state index in [-0.39, 0.29) is 17.0 Å². The SMILES string of the molecule is N#C/C(=C/c1ccc(Oc2ccc(C(F)(F)F)cc2[N+](=O)[O-])cc1)C(=O)Nc1ccccc1F. The lowest BCUT2D eigenvalue weighted by Crippen LogP contribution is -2.14. The van der Waals surface area contributed by atoms with Crippen LogP contribution < -0.4 is 10.1 Å². The zero-order valence-electron chi connectivity index (χ0n) is 17.0. The predicted octanol–water partition coefficient (Wildman–Crippen LogP) is 6.09. The van der Waals surface area contributed by atoms with Gasteiger partial charge in [-0.15, -0.1) is 0 Å². The van der Waals surface area contributed by atoms with Gasteiger partial charge < -0.3 is 10.1 Å². The van der Waals surface area contributed by atoms with Crippen molar-refractivity contribution in [1.29, 1.82) is 5.26 Å². The molecular weight excluding hydrogens is 458 g/mol. The fourth-order valence-electron chi connectivity index (χ4n) is 2.75. The molecule has 0 aliphatic carbocycles. The number of nitriles is 1. The van der Waals surface area contributed by atoms with Gasteiger partial charge in [0, 0.05) is 6.07 Å². The molecule has 0 saturated carbocycles. The number of rotatable bonds is 6. The number of para-hydroxylation sites is 1. The molecule has 172 valence electrons. The van der Waals surface area contributed by atoms with Crippen LogP contribution in [0.5, 0.6) is 11.5 Å². The predicted molar refractivity (Wildman–Crippen MR) is 113 cm³/mol. The minimum Gasteiger partial charge on any atom is -0.450 e. The standard InChI is InChI=1S/C23H13F4N3O4/c24-18-3-1-2-4-19(18)29-22(31)15(13-28)11-14-5-8-17(9-6-14)34-21-10-7-16(23(25,26)27)12-20(21)30(32)33/h1-12H,(H,29,31)/b15-11-. The Bertz CT molecular complexity index is 1310. The summed E-state index contributed by atoms with van der Waals surface area (Å²) in [5.41, 5.74) is -2.11. The zero-order valence-corrected chi connectivity index (χ0v) is 17.0. The minimum atomic E-state index is -4.76. The number of nitrogens with zero attached hydrogens (tertiary/aromatic N) is 2. The molecule has 3 rings (SSSR count). The van der Waals surface area contributed by atoms with Crippen molar-refractivity contribution in [3.05, 3.63) is 99.4 Å². The molecule has 1 amide bonds. The van der Waals surface area contributed by atoms with Crippen LogP contribution in [0.2, 0.25) is 0 Å². The van der Waals surface area contributed by atoms with E-state index >= 15 is 0 Å². The molecule has 0 saturated heterocycles. The minimum absolute atomic E-state index is 0.0642. The molecular formula is C23H13F4N3O4. The first-order valence-corrected chi connectivity index (χ1v) is 9.39. The lowest BCUT2D eigenvalue weighted by molar-refractivity contribution is -0.385. The Labute approximate surface area is 189 Å². The van der Waals surface area contributed by atoms with E-state index in [0.29, 0.717) is 17.7 Å². The highest BCUT2D eigenvalue weighted by molar-refractivity contribution is 6.09. The number of carbonyl (C=O) groups excluding carboxylic acids is 1. The van der Waals surface area contributed by atoms with Crippen molar-refractivity contribution < 1.29 is 32.0 Å². The number of nitrogens with one attached hydrogen (secondary N) is 1. The van der Waals surface area contributed by atoms with Crippen molar-refractivity contribution in [1.82, 2.24) is 0 Å². The number of hydrogen-bond donors (Lipinski definition) is 1. The van der Waals surface area contributed by atoms with Crippen molar-refractivity contribution in [2.75, 3.05) is 5.32 Å². The molecule has 0 aromatic heterocycles. The fourth-order valence-corrected chi connectivity index (χ4v) is 2.75. The highest BCUT2D eigenvalue weighted by Gasteiger charge is 2.33. The van der Waals surface area contributed by atoms with Gasteiger partial charge >= 0.3 is 11.9 Å². The van der Waals surface area contributed by atoms with E-state index in [1.165, 1.54) is 48.5 Å². The Morgan fingerprint density at radius 2 is 1.76 bits per heavy atom. The highest BCUT2D eigenvalue weighted by atomic mass is 19.4. The van der Waals surface area contributed by atoms with Gasteiger partial charge in [0.25, 0.3) is 5.91 Å². The second-order valence-corrected chi connectivity index (χ2v) is 6.71. The van der Waals surface area contributed by atoms with Crippen LogP contribution in [-0.2, 0) is 11.0 Å². The van der Waals surface area contributed by atoms with Crippen LogP contribution in [0.4, 0.5) is 28.9 Å². The molecule has 0 aliphatic heterocycles. The maximum absolute atomic E-state index is 13.7. The lowest BCUT2D eigenvalue weighted by atomic mass is 10.1. The number of anilines is 1. The number of alkyl halides is 3. The smallest absolute Gasteiger partial charge is 0.416 e. The van der Waals surface area contributed by atoms with Gasteiger partial charge in [-0.1, -0.05) is 24.3 Å². The van der Waals surface area contributed by atoms with Crippen LogP contribution in [0.1, 0.15) is 11.1 Å². The van der Waals surface area contributed by atoms with E-state index in [2.05, 4.69) is 5.32 Å². The maximum Gasteiger partial charge on any atom is 0.416 e. The number of carbonyl (C=O) groups is 1. The Hall–Kier alpha value is -4.72. The quantitative estimate of drug-likeness (QED) is 0.154. The molecule has 0 fully saturated rings. The summed E-state index contributed by atoms with van der Waals surface area (Å²) >= 11 is 0. The molecule has 34 heavy (non-hydrogen) atoms. The van der Waals surface area contributed by atoms with Gasteiger partial charge in [-0.3, -0.25) is 14.9 Å². The number of halogens is 4. The van der Waals surface area contributed by atoms with Crippen LogP contribution >= 0.6 is 0 Å². The summed E-state index contributed by atoms with van der Waals surface area (Å²) in [4.78, 5) is 22.5. The van der Waals surface area contributed by atoms with E-state index in [1.807, 2.05) is 0 Å². The van der Waals surface area contributed by atoms with Gasteiger partial charge in [-0.05, 0) is 48.0 Å². The number of hydrogen-bond acceptors (Lipinski definition) is 5. The largest absolute Gasteiger partial charge is 0.450 e. The number of amides is 1. The monoisotopic (exact) mass is 471 g/mol. The van der Waals surface area contributed by atoms with Gasteiger partial charge in [0.1, 0.15) is 23.2 Å². The molecule has 3 aromatic rings. The highest BCUT2D eigenvalue weighted by Crippen LogP contribution is 2.37. The zero-order chi connectivity index (χ0) is 24.9. The summed E-state index contributed by atoms with van der Waals surface area (Å²) in [5.74, 6) is -1.85. The van der Waals surface area contributed by atoms with Crippen LogP contribution in [0, 0.1) is 27.3 Å². The number of benzene rings is 3. The van der Waals surface area contributed by atoms with Gasteiger partial charge in [0.05, 0.1) is 16.2 Å². The van der Waals surface area contributed by atoms with Gasteiger partial charge in [0.2, 0.25) is 5.75 Å². The third-order valence-electron chi connectivity index (χ3n) is 4.39. The van der Waals surface area contributed by atoms with Crippen molar-refractivity contribution >= 4 is 23.4 Å². The second kappa shape index (κ2) is 9.83.